The van der Waals surface area contributed by atoms with Crippen LogP contribution in [0.4, 0.5) is 0 Å². The highest BCUT2D eigenvalue weighted by molar-refractivity contribution is 5.87. The van der Waals surface area contributed by atoms with Crippen molar-refractivity contribution < 1.29 is 19.1 Å². The zero-order chi connectivity index (χ0) is 10.7. The van der Waals surface area contributed by atoms with Crippen molar-refractivity contribution in [2.75, 3.05) is 7.11 Å². The molecule has 1 heterocycles. The molecule has 0 aliphatic rings. The number of aromatic nitrogens is 2. The molecule has 0 aliphatic heterocycles. The Hall–Kier alpha value is -1.85. The highest BCUT2D eigenvalue weighted by Gasteiger charge is 2.14. The Morgan fingerprint density at radius 2 is 2.14 bits per heavy atom. The van der Waals surface area contributed by atoms with E-state index in [2.05, 4.69) is 9.84 Å². The van der Waals surface area contributed by atoms with Gasteiger partial charge in [0.2, 0.25) is 5.88 Å². The fourth-order valence-electron chi connectivity index (χ4n) is 0.897. The number of carbonyl (C=O) groups excluding carboxylic acids is 2. The van der Waals surface area contributed by atoms with Crippen molar-refractivity contribution >= 4 is 11.9 Å². The van der Waals surface area contributed by atoms with Gasteiger partial charge in [-0.1, -0.05) is 0 Å². The third-order valence-electron chi connectivity index (χ3n) is 1.48. The number of hydrogen-bond acceptors (Lipinski definition) is 5. The highest BCUT2D eigenvalue weighted by Crippen LogP contribution is 2.12. The number of carbonyl (C=O) groups is 2. The van der Waals surface area contributed by atoms with E-state index >= 15 is 0 Å². The lowest BCUT2D eigenvalue weighted by Crippen LogP contribution is -2.05. The average molecular weight is 198 g/mol. The van der Waals surface area contributed by atoms with Gasteiger partial charge >= 0.3 is 11.9 Å². The Labute approximate surface area is 80.4 Å². The minimum atomic E-state index is -0.570. The van der Waals surface area contributed by atoms with Crippen LogP contribution in [0.1, 0.15) is 17.4 Å². The highest BCUT2D eigenvalue weighted by atomic mass is 16.5. The molecule has 0 saturated carbocycles. The first-order valence-electron chi connectivity index (χ1n) is 3.85. The molecule has 1 rings (SSSR count). The molecule has 0 bridgehead atoms. The van der Waals surface area contributed by atoms with Gasteiger partial charge in [-0.3, -0.25) is 4.79 Å². The summed E-state index contributed by atoms with van der Waals surface area (Å²) in [5.74, 6) is -0.832. The lowest BCUT2D eigenvalue weighted by Gasteiger charge is -1.98. The van der Waals surface area contributed by atoms with Crippen molar-refractivity contribution in [2.45, 2.75) is 6.92 Å². The van der Waals surface area contributed by atoms with Crippen LogP contribution in [0, 0.1) is 0 Å². The van der Waals surface area contributed by atoms with Crippen molar-refractivity contribution in [3.8, 4) is 5.88 Å². The molecular weight excluding hydrogens is 188 g/mol. The summed E-state index contributed by atoms with van der Waals surface area (Å²) in [5, 5.41) is 3.80. The molecule has 76 valence electrons. The lowest BCUT2D eigenvalue weighted by molar-refractivity contribution is -0.132. The zero-order valence-corrected chi connectivity index (χ0v) is 8.10. The van der Waals surface area contributed by atoms with Crippen LogP contribution in [0.3, 0.4) is 0 Å². The Bertz CT molecular complexity index is 369. The number of methoxy groups -OCH3 is 1. The van der Waals surface area contributed by atoms with E-state index in [1.54, 1.807) is 7.05 Å². The first kappa shape index (κ1) is 10.2. The summed E-state index contributed by atoms with van der Waals surface area (Å²) < 4.78 is 10.5. The second-order valence-electron chi connectivity index (χ2n) is 2.58. The van der Waals surface area contributed by atoms with Crippen molar-refractivity contribution in [1.82, 2.24) is 9.78 Å². The number of aryl methyl sites for hydroxylation is 1. The summed E-state index contributed by atoms with van der Waals surface area (Å²) >= 11 is 0. The van der Waals surface area contributed by atoms with Gasteiger partial charge in [0, 0.05) is 20.0 Å². The molecule has 0 N–H and O–H groups in total. The van der Waals surface area contributed by atoms with E-state index in [1.807, 2.05) is 0 Å². The van der Waals surface area contributed by atoms with Crippen LogP contribution in [0.15, 0.2) is 6.07 Å². The van der Waals surface area contributed by atoms with E-state index < -0.39 is 11.9 Å². The molecule has 0 saturated heterocycles. The van der Waals surface area contributed by atoms with Gasteiger partial charge in [-0.15, -0.1) is 0 Å². The first-order chi connectivity index (χ1) is 6.54. The molecule has 14 heavy (non-hydrogen) atoms. The molecule has 0 spiro atoms. The van der Waals surface area contributed by atoms with Gasteiger partial charge in [-0.05, 0) is 0 Å². The smallest absolute Gasteiger partial charge is 0.358 e. The molecule has 1 aromatic heterocycles. The summed E-state index contributed by atoms with van der Waals surface area (Å²) in [7, 11) is 2.81. The number of hydrogen-bond donors (Lipinski definition) is 0. The Morgan fingerprint density at radius 3 is 2.64 bits per heavy atom. The van der Waals surface area contributed by atoms with Crippen LogP contribution < -0.4 is 4.74 Å². The molecular formula is C8H10N2O4. The van der Waals surface area contributed by atoms with E-state index in [-0.39, 0.29) is 11.6 Å². The number of rotatable bonds is 2. The Morgan fingerprint density at radius 1 is 1.50 bits per heavy atom. The van der Waals surface area contributed by atoms with E-state index in [9.17, 15) is 9.59 Å². The predicted molar refractivity (Wildman–Crippen MR) is 45.9 cm³/mol. The Balaban J connectivity index is 2.93. The van der Waals surface area contributed by atoms with E-state index in [0.717, 1.165) is 0 Å². The molecule has 0 amide bonds. The number of esters is 2. The van der Waals surface area contributed by atoms with Crippen molar-refractivity contribution in [2.24, 2.45) is 7.05 Å². The predicted octanol–water partition coefficient (Wildman–Crippen LogP) is 0.132. The first-order valence-corrected chi connectivity index (χ1v) is 3.85. The Kier molecular flexibility index (Phi) is 2.85. The van der Waals surface area contributed by atoms with Gasteiger partial charge in [0.25, 0.3) is 0 Å². The topological polar surface area (TPSA) is 70.4 Å². The maximum absolute atomic E-state index is 11.0. The summed E-state index contributed by atoms with van der Waals surface area (Å²) in [6.45, 7) is 1.27. The number of nitrogens with zero attached hydrogens (tertiary/aromatic N) is 2. The summed E-state index contributed by atoms with van der Waals surface area (Å²) in [4.78, 5) is 21.7. The molecule has 1 aromatic rings. The minimum Gasteiger partial charge on any atom is -0.464 e. The fourth-order valence-corrected chi connectivity index (χ4v) is 0.897. The normalized spacial score (nSPS) is 9.64. The molecule has 6 heteroatoms. The summed E-state index contributed by atoms with van der Waals surface area (Å²) in [6.07, 6.45) is 0. The fraction of sp³-hybridized carbons (Fsp3) is 0.375. The summed E-state index contributed by atoms with van der Waals surface area (Å²) in [6, 6.07) is 1.34. The van der Waals surface area contributed by atoms with Crippen molar-refractivity contribution in [3.63, 3.8) is 0 Å². The van der Waals surface area contributed by atoms with Crippen molar-refractivity contribution in [1.29, 1.82) is 0 Å². The molecule has 6 nitrogen and oxygen atoms in total. The van der Waals surface area contributed by atoms with Gasteiger partial charge in [0.05, 0.1) is 7.11 Å². The average Bonchev–Trinajstić information content (AvgIpc) is 2.46. The van der Waals surface area contributed by atoms with Crippen molar-refractivity contribution in [3.05, 3.63) is 11.8 Å². The number of ether oxygens (including phenoxy) is 2. The standard InChI is InChI=1S/C8H10N2O4/c1-5(11)14-7-4-6(8(12)13-3)9-10(7)2/h4H,1-3H3. The van der Waals surface area contributed by atoms with Crippen LogP contribution in [0.2, 0.25) is 0 Å². The van der Waals surface area contributed by atoms with Gasteiger partial charge in [0.15, 0.2) is 5.69 Å². The maximum atomic E-state index is 11.0. The maximum Gasteiger partial charge on any atom is 0.358 e. The summed E-state index contributed by atoms with van der Waals surface area (Å²) in [5.41, 5.74) is 0.103. The monoisotopic (exact) mass is 198 g/mol. The lowest BCUT2D eigenvalue weighted by atomic mass is 10.4. The quantitative estimate of drug-likeness (QED) is 0.632. The van der Waals surface area contributed by atoms with E-state index in [1.165, 1.54) is 24.8 Å². The van der Waals surface area contributed by atoms with Gasteiger partial charge in [-0.2, -0.15) is 5.10 Å². The molecule has 0 fully saturated rings. The SMILES string of the molecule is COC(=O)c1cc(OC(C)=O)n(C)n1. The van der Waals surface area contributed by atoms with Crippen LogP contribution >= 0.6 is 0 Å². The van der Waals surface area contributed by atoms with Gasteiger partial charge in [-0.25, -0.2) is 9.48 Å². The second kappa shape index (κ2) is 3.91. The second-order valence-corrected chi connectivity index (χ2v) is 2.58. The van der Waals surface area contributed by atoms with Crippen LogP contribution in [-0.2, 0) is 16.6 Å². The molecule has 0 aromatic carbocycles. The van der Waals surface area contributed by atoms with Crippen LogP contribution in [0.25, 0.3) is 0 Å². The zero-order valence-electron chi connectivity index (χ0n) is 8.10. The largest absolute Gasteiger partial charge is 0.464 e. The van der Waals surface area contributed by atoms with Gasteiger partial charge in [0.1, 0.15) is 0 Å². The molecule has 0 radical (unpaired) electrons. The van der Waals surface area contributed by atoms with Crippen LogP contribution in [-0.4, -0.2) is 28.8 Å². The third-order valence-corrected chi connectivity index (χ3v) is 1.48. The minimum absolute atomic E-state index is 0.103. The van der Waals surface area contributed by atoms with Gasteiger partial charge < -0.3 is 9.47 Å². The molecule has 0 atom stereocenters. The van der Waals surface area contributed by atoms with E-state index in [4.69, 9.17) is 4.74 Å². The molecule has 0 aliphatic carbocycles. The third kappa shape index (κ3) is 2.09. The molecule has 0 unspecified atom stereocenters. The van der Waals surface area contributed by atoms with Crippen LogP contribution in [0.5, 0.6) is 5.88 Å². The van der Waals surface area contributed by atoms with E-state index in [0.29, 0.717) is 0 Å².